The number of rotatable bonds is 4. The van der Waals surface area contributed by atoms with E-state index in [1.165, 1.54) is 0 Å². The maximum absolute atomic E-state index is 13.3. The van der Waals surface area contributed by atoms with Crippen LogP contribution in [0.4, 0.5) is 8.78 Å². The molecule has 1 heterocycles. The molecule has 0 bridgehead atoms. The zero-order valence-electron chi connectivity index (χ0n) is 10.5. The Bertz CT molecular complexity index is 627. The van der Waals surface area contributed by atoms with Crippen molar-refractivity contribution < 1.29 is 18.3 Å². The van der Waals surface area contributed by atoms with Gasteiger partial charge in [-0.3, -0.25) is 4.79 Å². The second-order valence-electron chi connectivity index (χ2n) is 4.07. The molecule has 1 amide bonds. The first-order chi connectivity index (χ1) is 9.38. The third-order valence-corrected chi connectivity index (χ3v) is 2.37. The van der Waals surface area contributed by atoms with E-state index in [9.17, 15) is 13.6 Å². The number of hydrogen-bond donors (Lipinski definition) is 1. The predicted molar refractivity (Wildman–Crippen MR) is 66.6 cm³/mol. The second-order valence-corrected chi connectivity index (χ2v) is 4.07. The summed E-state index contributed by atoms with van der Waals surface area (Å²) in [5.74, 6) is -4.05. The number of amides is 1. The monoisotopic (exact) mass is 279 g/mol. The Kier molecular flexibility index (Phi) is 3.60. The number of carbonyl (C=O) groups excluding carboxylic acids is 1. The number of hydrogen-bond acceptors (Lipinski definition) is 4. The first-order valence-electron chi connectivity index (χ1n) is 5.66. The lowest BCUT2D eigenvalue weighted by Gasteiger charge is -2.13. The van der Waals surface area contributed by atoms with Gasteiger partial charge >= 0.3 is 0 Å². The maximum Gasteiger partial charge on any atom is 0.289 e. The van der Waals surface area contributed by atoms with Crippen LogP contribution in [0.1, 0.15) is 23.1 Å². The van der Waals surface area contributed by atoms with E-state index in [-0.39, 0.29) is 5.88 Å². The minimum Gasteiger partial charge on any atom is -0.437 e. The van der Waals surface area contributed by atoms with E-state index in [1.807, 2.05) is 0 Å². The van der Waals surface area contributed by atoms with Crippen molar-refractivity contribution in [3.63, 3.8) is 0 Å². The molecule has 0 saturated heterocycles. The van der Waals surface area contributed by atoms with E-state index >= 15 is 0 Å². The molecule has 2 aromatic rings. The van der Waals surface area contributed by atoms with Crippen molar-refractivity contribution in [3.8, 4) is 11.6 Å². The standard InChI is InChI=1S/C13H11F2N3O2/c1-13(14,15)11-10(12(16)19)18-9(7-17-11)20-8-5-3-2-4-6-8/h2-7H,1H3,(H2,16,19). The molecule has 0 spiro atoms. The van der Waals surface area contributed by atoms with Crippen molar-refractivity contribution >= 4 is 5.91 Å². The van der Waals surface area contributed by atoms with Crippen molar-refractivity contribution in [2.75, 3.05) is 0 Å². The van der Waals surface area contributed by atoms with Gasteiger partial charge in [0.1, 0.15) is 11.4 Å². The van der Waals surface area contributed by atoms with Gasteiger partial charge in [0, 0.05) is 6.92 Å². The van der Waals surface area contributed by atoms with E-state index < -0.39 is 23.2 Å². The number of aromatic nitrogens is 2. The predicted octanol–water partition coefficient (Wildman–Crippen LogP) is 2.48. The Morgan fingerprint density at radius 3 is 2.50 bits per heavy atom. The fraction of sp³-hybridized carbons (Fsp3) is 0.154. The number of alkyl halides is 2. The number of ether oxygens (including phenoxy) is 1. The van der Waals surface area contributed by atoms with Gasteiger partial charge < -0.3 is 10.5 Å². The Balaban J connectivity index is 2.38. The lowest BCUT2D eigenvalue weighted by Crippen LogP contribution is -2.23. The van der Waals surface area contributed by atoms with Gasteiger partial charge in [-0.05, 0) is 12.1 Å². The Labute approximate surface area is 113 Å². The van der Waals surface area contributed by atoms with Gasteiger partial charge in [-0.1, -0.05) is 18.2 Å². The fourth-order valence-electron chi connectivity index (χ4n) is 1.52. The largest absolute Gasteiger partial charge is 0.437 e. The molecule has 0 fully saturated rings. The van der Waals surface area contributed by atoms with Crippen LogP contribution < -0.4 is 10.5 Å². The average molecular weight is 279 g/mol. The average Bonchev–Trinajstić information content (AvgIpc) is 2.38. The molecular weight excluding hydrogens is 268 g/mol. The van der Waals surface area contributed by atoms with Crippen LogP contribution in [-0.2, 0) is 5.92 Å². The molecule has 0 aliphatic carbocycles. The second kappa shape index (κ2) is 5.20. The van der Waals surface area contributed by atoms with Crippen LogP contribution in [0.25, 0.3) is 0 Å². The van der Waals surface area contributed by atoms with Gasteiger partial charge in [0.25, 0.3) is 11.8 Å². The minimum atomic E-state index is -3.32. The maximum atomic E-state index is 13.3. The quantitative estimate of drug-likeness (QED) is 0.932. The van der Waals surface area contributed by atoms with E-state index in [0.717, 1.165) is 6.20 Å². The van der Waals surface area contributed by atoms with Crippen molar-refractivity contribution in [2.45, 2.75) is 12.8 Å². The third kappa shape index (κ3) is 3.05. The zero-order chi connectivity index (χ0) is 14.8. The number of halogens is 2. The van der Waals surface area contributed by atoms with Gasteiger partial charge in [-0.2, -0.15) is 8.78 Å². The molecule has 104 valence electrons. The fourth-order valence-corrected chi connectivity index (χ4v) is 1.52. The molecular formula is C13H11F2N3O2. The SMILES string of the molecule is CC(F)(F)c1ncc(Oc2ccccc2)nc1C(N)=O. The van der Waals surface area contributed by atoms with Gasteiger partial charge in [0.2, 0.25) is 5.88 Å². The molecule has 0 atom stereocenters. The molecule has 2 N–H and O–H groups in total. The summed E-state index contributed by atoms with van der Waals surface area (Å²) in [6.07, 6.45) is 1.02. The molecule has 0 aliphatic heterocycles. The lowest BCUT2D eigenvalue weighted by molar-refractivity contribution is 0.0111. The van der Waals surface area contributed by atoms with Gasteiger partial charge in [-0.25, -0.2) is 9.97 Å². The Hall–Kier alpha value is -2.57. The molecule has 1 aromatic carbocycles. The molecule has 2 rings (SSSR count). The molecule has 20 heavy (non-hydrogen) atoms. The number of carbonyl (C=O) groups is 1. The van der Waals surface area contributed by atoms with Crippen molar-refractivity contribution in [1.29, 1.82) is 0 Å². The number of primary amides is 1. The molecule has 7 heteroatoms. The van der Waals surface area contributed by atoms with Crippen LogP contribution in [-0.4, -0.2) is 15.9 Å². The highest BCUT2D eigenvalue weighted by Crippen LogP contribution is 2.29. The highest BCUT2D eigenvalue weighted by molar-refractivity contribution is 5.92. The summed E-state index contributed by atoms with van der Waals surface area (Å²) in [6, 6.07) is 8.54. The molecule has 0 radical (unpaired) electrons. The van der Waals surface area contributed by atoms with Crippen molar-refractivity contribution in [1.82, 2.24) is 9.97 Å². The molecule has 5 nitrogen and oxygen atoms in total. The number of benzene rings is 1. The van der Waals surface area contributed by atoms with E-state index in [1.54, 1.807) is 30.3 Å². The van der Waals surface area contributed by atoms with Crippen LogP contribution >= 0.6 is 0 Å². The van der Waals surface area contributed by atoms with Crippen LogP contribution in [0, 0.1) is 0 Å². The van der Waals surface area contributed by atoms with Crippen LogP contribution in [0.5, 0.6) is 11.6 Å². The van der Waals surface area contributed by atoms with Gasteiger partial charge in [0.15, 0.2) is 5.69 Å². The summed E-state index contributed by atoms with van der Waals surface area (Å²) < 4.78 is 31.9. The van der Waals surface area contributed by atoms with Crippen molar-refractivity contribution in [2.24, 2.45) is 5.73 Å². The third-order valence-electron chi connectivity index (χ3n) is 2.37. The summed E-state index contributed by atoms with van der Waals surface area (Å²) in [4.78, 5) is 18.4. The minimum absolute atomic E-state index is 0.0852. The number of nitrogens with two attached hydrogens (primary N) is 1. The smallest absolute Gasteiger partial charge is 0.289 e. The molecule has 1 aromatic heterocycles. The normalized spacial score (nSPS) is 11.2. The first kappa shape index (κ1) is 13.9. The first-order valence-corrected chi connectivity index (χ1v) is 5.66. The topological polar surface area (TPSA) is 78.1 Å². The van der Waals surface area contributed by atoms with Crippen LogP contribution in [0.2, 0.25) is 0 Å². The summed E-state index contributed by atoms with van der Waals surface area (Å²) >= 11 is 0. The number of nitrogens with zero attached hydrogens (tertiary/aromatic N) is 2. The molecule has 0 unspecified atom stereocenters. The zero-order valence-corrected chi connectivity index (χ0v) is 10.5. The van der Waals surface area contributed by atoms with E-state index in [4.69, 9.17) is 10.5 Å². The van der Waals surface area contributed by atoms with Gasteiger partial charge in [0.05, 0.1) is 6.20 Å². The van der Waals surface area contributed by atoms with Crippen molar-refractivity contribution in [3.05, 3.63) is 47.9 Å². The van der Waals surface area contributed by atoms with E-state index in [2.05, 4.69) is 9.97 Å². The van der Waals surface area contributed by atoms with Crippen LogP contribution in [0.3, 0.4) is 0 Å². The molecule has 0 saturated carbocycles. The summed E-state index contributed by atoms with van der Waals surface area (Å²) in [5, 5.41) is 0. The highest BCUT2D eigenvalue weighted by atomic mass is 19.3. The lowest BCUT2D eigenvalue weighted by atomic mass is 10.2. The summed E-state index contributed by atoms with van der Waals surface area (Å²) in [7, 11) is 0. The summed E-state index contributed by atoms with van der Waals surface area (Å²) in [5.41, 5.74) is 3.66. The van der Waals surface area contributed by atoms with E-state index in [0.29, 0.717) is 12.7 Å². The Morgan fingerprint density at radius 2 is 1.95 bits per heavy atom. The van der Waals surface area contributed by atoms with Gasteiger partial charge in [-0.15, -0.1) is 0 Å². The highest BCUT2D eigenvalue weighted by Gasteiger charge is 2.32. The summed E-state index contributed by atoms with van der Waals surface area (Å²) in [6.45, 7) is 0.612. The Morgan fingerprint density at radius 1 is 1.30 bits per heavy atom. The molecule has 0 aliphatic rings. The number of para-hydroxylation sites is 1. The van der Waals surface area contributed by atoms with Crippen LogP contribution in [0.15, 0.2) is 36.5 Å².